The summed E-state index contributed by atoms with van der Waals surface area (Å²) in [5, 5.41) is 0. The van der Waals surface area contributed by atoms with E-state index in [-0.39, 0.29) is 24.3 Å². The number of alkyl halides is 1. The number of hydrogen-bond acceptors (Lipinski definition) is 3. The summed E-state index contributed by atoms with van der Waals surface area (Å²) in [4.78, 5) is 13.2. The predicted molar refractivity (Wildman–Crippen MR) is 58.3 cm³/mol. The van der Waals surface area contributed by atoms with Gasteiger partial charge in [-0.05, 0) is 12.0 Å². The molecule has 0 fully saturated rings. The molecule has 0 aliphatic rings. The number of hydrogen-bond donors (Lipinski definition) is 2. The maximum atomic E-state index is 11.8. The van der Waals surface area contributed by atoms with Crippen LogP contribution in [0.4, 0.5) is 4.39 Å². The minimum Gasteiger partial charge on any atom is -0.329 e. The summed E-state index contributed by atoms with van der Waals surface area (Å²) in [5.41, 5.74) is 0.396. The van der Waals surface area contributed by atoms with Gasteiger partial charge in [0, 0.05) is 18.8 Å². The van der Waals surface area contributed by atoms with E-state index in [0.717, 1.165) is 0 Å². The Morgan fingerprint density at radius 1 is 1.38 bits per heavy atom. The summed E-state index contributed by atoms with van der Waals surface area (Å²) < 4.78 is 36.7. The molecule has 7 heteroatoms. The molecule has 0 spiro atoms. The van der Waals surface area contributed by atoms with Gasteiger partial charge in [-0.2, -0.15) is 0 Å². The summed E-state index contributed by atoms with van der Waals surface area (Å²) in [5.74, 6) is -0.229. The van der Waals surface area contributed by atoms with Crippen LogP contribution < -0.4 is 10.3 Å². The topological polar surface area (TPSA) is 79.0 Å². The van der Waals surface area contributed by atoms with Crippen molar-refractivity contribution in [2.24, 2.45) is 0 Å². The second kappa shape index (κ2) is 5.76. The number of rotatable bonds is 6. The highest BCUT2D eigenvalue weighted by Gasteiger charge is 2.08. The van der Waals surface area contributed by atoms with Crippen LogP contribution in [-0.2, 0) is 16.6 Å². The molecule has 0 radical (unpaired) electrons. The zero-order valence-electron chi connectivity index (χ0n) is 8.57. The SMILES string of the molecule is O=c1ccc(CNS(=O)(=O)CCCF)c[nH]1. The highest BCUT2D eigenvalue weighted by molar-refractivity contribution is 7.89. The number of aromatic amines is 1. The monoisotopic (exact) mass is 248 g/mol. The van der Waals surface area contributed by atoms with Crippen molar-refractivity contribution >= 4 is 10.0 Å². The van der Waals surface area contributed by atoms with Crippen molar-refractivity contribution in [3.63, 3.8) is 0 Å². The molecule has 1 heterocycles. The number of sulfonamides is 1. The second-order valence-corrected chi connectivity index (χ2v) is 5.17. The minimum absolute atomic E-state index is 0.0129. The van der Waals surface area contributed by atoms with Crippen LogP contribution >= 0.6 is 0 Å². The predicted octanol–water partition coefficient (Wildman–Crippen LogP) is 0.154. The lowest BCUT2D eigenvalue weighted by atomic mass is 10.3. The van der Waals surface area contributed by atoms with Gasteiger partial charge in [-0.15, -0.1) is 0 Å². The largest absolute Gasteiger partial charge is 0.329 e. The number of aromatic nitrogens is 1. The highest BCUT2D eigenvalue weighted by atomic mass is 32.2. The first kappa shape index (κ1) is 12.9. The van der Waals surface area contributed by atoms with Gasteiger partial charge < -0.3 is 4.98 Å². The van der Waals surface area contributed by atoms with Crippen LogP contribution in [0.15, 0.2) is 23.1 Å². The minimum atomic E-state index is -3.43. The third-order valence-electron chi connectivity index (χ3n) is 1.89. The fourth-order valence-electron chi connectivity index (χ4n) is 1.06. The van der Waals surface area contributed by atoms with E-state index in [1.165, 1.54) is 18.3 Å². The molecule has 0 aliphatic carbocycles. The zero-order chi connectivity index (χ0) is 12.0. The fourth-order valence-corrected chi connectivity index (χ4v) is 2.08. The molecule has 1 aromatic heterocycles. The van der Waals surface area contributed by atoms with Gasteiger partial charge in [0.25, 0.3) is 0 Å². The van der Waals surface area contributed by atoms with E-state index in [9.17, 15) is 17.6 Å². The van der Waals surface area contributed by atoms with Gasteiger partial charge in [0.05, 0.1) is 12.4 Å². The van der Waals surface area contributed by atoms with Crippen molar-refractivity contribution in [1.29, 1.82) is 0 Å². The smallest absolute Gasteiger partial charge is 0.247 e. The van der Waals surface area contributed by atoms with Crippen molar-refractivity contribution < 1.29 is 12.8 Å². The van der Waals surface area contributed by atoms with E-state index in [1.54, 1.807) is 0 Å². The van der Waals surface area contributed by atoms with E-state index < -0.39 is 16.7 Å². The van der Waals surface area contributed by atoms with Crippen molar-refractivity contribution in [3.05, 3.63) is 34.2 Å². The van der Waals surface area contributed by atoms with Crippen molar-refractivity contribution in [1.82, 2.24) is 9.71 Å². The van der Waals surface area contributed by atoms with Crippen molar-refractivity contribution in [3.8, 4) is 0 Å². The van der Waals surface area contributed by atoms with Crippen LogP contribution in [0.5, 0.6) is 0 Å². The maximum absolute atomic E-state index is 11.8. The first-order valence-electron chi connectivity index (χ1n) is 4.74. The molecule has 0 aliphatic heterocycles. The molecule has 2 N–H and O–H groups in total. The van der Waals surface area contributed by atoms with Crippen LogP contribution in [0.2, 0.25) is 0 Å². The van der Waals surface area contributed by atoms with Crippen LogP contribution in [0.3, 0.4) is 0 Å². The average Bonchev–Trinajstić information content (AvgIpc) is 2.26. The molecule has 1 rings (SSSR count). The van der Waals surface area contributed by atoms with E-state index >= 15 is 0 Å². The fraction of sp³-hybridized carbons (Fsp3) is 0.444. The quantitative estimate of drug-likeness (QED) is 0.752. The number of H-pyrrole nitrogens is 1. The zero-order valence-corrected chi connectivity index (χ0v) is 9.39. The van der Waals surface area contributed by atoms with Gasteiger partial charge in [0.1, 0.15) is 0 Å². The Hall–Kier alpha value is -1.21. The van der Waals surface area contributed by atoms with E-state index in [1.807, 2.05) is 0 Å². The molecule has 5 nitrogen and oxygen atoms in total. The van der Waals surface area contributed by atoms with Crippen molar-refractivity contribution in [2.45, 2.75) is 13.0 Å². The van der Waals surface area contributed by atoms with Crippen LogP contribution in [0.25, 0.3) is 0 Å². The summed E-state index contributed by atoms with van der Waals surface area (Å²) in [6, 6.07) is 2.84. The Morgan fingerprint density at radius 2 is 2.12 bits per heavy atom. The number of pyridine rings is 1. The second-order valence-electron chi connectivity index (χ2n) is 3.24. The Morgan fingerprint density at radius 3 is 2.69 bits per heavy atom. The van der Waals surface area contributed by atoms with Gasteiger partial charge in [-0.1, -0.05) is 6.07 Å². The molecule has 0 atom stereocenters. The molecule has 1 aromatic rings. The normalized spacial score (nSPS) is 11.6. The van der Waals surface area contributed by atoms with Gasteiger partial charge in [-0.3, -0.25) is 9.18 Å². The first-order valence-corrected chi connectivity index (χ1v) is 6.39. The maximum Gasteiger partial charge on any atom is 0.247 e. The van der Waals surface area contributed by atoms with Crippen LogP contribution in [0.1, 0.15) is 12.0 Å². The lowest BCUT2D eigenvalue weighted by Gasteiger charge is -2.05. The molecule has 0 aromatic carbocycles. The summed E-state index contributed by atoms with van der Waals surface area (Å²) in [6.07, 6.45) is 1.42. The van der Waals surface area contributed by atoms with Gasteiger partial charge in [0.2, 0.25) is 15.6 Å². The number of nitrogens with one attached hydrogen (secondary N) is 2. The molecule has 90 valence electrons. The highest BCUT2D eigenvalue weighted by Crippen LogP contribution is 1.96. The third-order valence-corrected chi connectivity index (χ3v) is 3.30. The average molecular weight is 248 g/mol. The molecule has 0 unspecified atom stereocenters. The van der Waals surface area contributed by atoms with E-state index in [2.05, 4.69) is 9.71 Å². The third kappa shape index (κ3) is 4.54. The molecule has 0 bridgehead atoms. The number of halogens is 1. The summed E-state index contributed by atoms with van der Waals surface area (Å²) >= 11 is 0. The Balaban J connectivity index is 2.51. The van der Waals surface area contributed by atoms with Crippen molar-refractivity contribution in [2.75, 3.05) is 12.4 Å². The Bertz CT molecular complexity index is 463. The summed E-state index contributed by atoms with van der Waals surface area (Å²) in [6.45, 7) is -0.565. The van der Waals surface area contributed by atoms with Crippen LogP contribution in [0, 0.1) is 0 Å². The van der Waals surface area contributed by atoms with E-state index in [0.29, 0.717) is 5.56 Å². The van der Waals surface area contributed by atoms with Crippen LogP contribution in [-0.4, -0.2) is 25.8 Å². The lowest BCUT2D eigenvalue weighted by Crippen LogP contribution is -2.26. The molecule has 0 saturated carbocycles. The standard InChI is InChI=1S/C9H13FN2O3S/c10-4-1-5-16(14,15)12-7-8-2-3-9(13)11-6-8/h2-3,6,12H,1,4-5,7H2,(H,11,13). The first-order chi connectivity index (χ1) is 7.53. The van der Waals surface area contributed by atoms with Gasteiger partial charge in [-0.25, -0.2) is 13.1 Å². The Kier molecular flexibility index (Phi) is 4.63. The summed E-state index contributed by atoms with van der Waals surface area (Å²) in [7, 11) is -3.43. The molecular weight excluding hydrogens is 235 g/mol. The van der Waals surface area contributed by atoms with E-state index in [4.69, 9.17) is 0 Å². The molecule has 0 amide bonds. The molecular formula is C9H13FN2O3S. The molecule has 0 saturated heterocycles. The van der Waals surface area contributed by atoms with Gasteiger partial charge >= 0.3 is 0 Å². The Labute approximate surface area is 92.7 Å². The molecule has 16 heavy (non-hydrogen) atoms. The lowest BCUT2D eigenvalue weighted by molar-refractivity contribution is 0.483. The van der Waals surface area contributed by atoms with Gasteiger partial charge in [0.15, 0.2) is 0 Å².